The molecular formula is C7H12N2O4. The van der Waals surface area contributed by atoms with Gasteiger partial charge >= 0.3 is 12.0 Å². The van der Waals surface area contributed by atoms with E-state index >= 15 is 0 Å². The van der Waals surface area contributed by atoms with Crippen molar-refractivity contribution >= 4 is 12.0 Å². The summed E-state index contributed by atoms with van der Waals surface area (Å²) in [4.78, 5) is 25.3. The molecule has 0 radical (unpaired) electrons. The number of carbonyl (C=O) groups excluding carboxylic acids is 2. The molecular weight excluding hydrogens is 176 g/mol. The van der Waals surface area contributed by atoms with Crippen molar-refractivity contribution in [2.45, 2.75) is 13.8 Å². The molecule has 0 aliphatic rings. The summed E-state index contributed by atoms with van der Waals surface area (Å²) in [6.07, 6.45) is 1.24. The molecule has 0 heterocycles. The third kappa shape index (κ3) is 5.54. The average Bonchev–Trinajstić information content (AvgIpc) is 2.10. The first kappa shape index (κ1) is 11.3. The number of hydrogen-bond acceptors (Lipinski definition) is 4. The normalized spacial score (nSPS) is 10.5. The average molecular weight is 188 g/mol. The van der Waals surface area contributed by atoms with Crippen molar-refractivity contribution in [2.75, 3.05) is 6.61 Å². The molecule has 0 aromatic rings. The molecule has 0 saturated heterocycles. The summed E-state index contributed by atoms with van der Waals surface area (Å²) in [6.45, 7) is 3.71. The molecule has 0 fully saturated rings. The SMILES string of the molecule is CCOC=C(C)C(=O)ONC(N)=O. The number of rotatable bonds is 3. The first-order valence-corrected chi connectivity index (χ1v) is 3.63. The van der Waals surface area contributed by atoms with Gasteiger partial charge in [0.15, 0.2) is 0 Å². The summed E-state index contributed by atoms with van der Waals surface area (Å²) in [5.74, 6) is -0.716. The van der Waals surface area contributed by atoms with E-state index in [-0.39, 0.29) is 5.57 Å². The van der Waals surface area contributed by atoms with Crippen LogP contribution in [0.5, 0.6) is 0 Å². The number of nitrogens with two attached hydrogens (primary N) is 1. The Morgan fingerprint density at radius 2 is 2.15 bits per heavy atom. The van der Waals surface area contributed by atoms with E-state index in [0.29, 0.717) is 6.61 Å². The maximum Gasteiger partial charge on any atom is 0.361 e. The lowest BCUT2D eigenvalue weighted by molar-refractivity contribution is -0.143. The van der Waals surface area contributed by atoms with Gasteiger partial charge in [-0.25, -0.2) is 9.59 Å². The lowest BCUT2D eigenvalue weighted by Gasteiger charge is -2.02. The highest BCUT2D eigenvalue weighted by atomic mass is 16.7. The van der Waals surface area contributed by atoms with Gasteiger partial charge in [0.05, 0.1) is 18.4 Å². The first-order valence-electron chi connectivity index (χ1n) is 3.63. The molecule has 0 aliphatic heterocycles. The summed E-state index contributed by atoms with van der Waals surface area (Å²) in [5.41, 5.74) is 6.59. The minimum atomic E-state index is -0.933. The number of primary amides is 1. The standard InChI is InChI=1S/C7H12N2O4/c1-3-12-4-5(2)6(10)13-9-7(8)11/h4H,3H2,1-2H3,(H3,8,9,11). The minimum absolute atomic E-state index is 0.232. The van der Waals surface area contributed by atoms with Crippen LogP contribution in [0.3, 0.4) is 0 Å². The van der Waals surface area contributed by atoms with E-state index in [1.807, 2.05) is 0 Å². The molecule has 6 heteroatoms. The zero-order valence-corrected chi connectivity index (χ0v) is 7.49. The molecule has 0 rings (SSSR count). The van der Waals surface area contributed by atoms with Gasteiger partial charge in [-0.1, -0.05) is 0 Å². The van der Waals surface area contributed by atoms with Crippen molar-refractivity contribution in [2.24, 2.45) is 5.73 Å². The van der Waals surface area contributed by atoms with Gasteiger partial charge in [0, 0.05) is 0 Å². The second-order valence-corrected chi connectivity index (χ2v) is 2.11. The second kappa shape index (κ2) is 5.87. The Morgan fingerprint density at radius 3 is 2.62 bits per heavy atom. The van der Waals surface area contributed by atoms with Gasteiger partial charge in [0.2, 0.25) is 0 Å². The molecule has 0 atom stereocenters. The van der Waals surface area contributed by atoms with E-state index in [1.54, 1.807) is 12.4 Å². The number of amides is 2. The van der Waals surface area contributed by atoms with Crippen LogP contribution in [0.2, 0.25) is 0 Å². The Labute approximate surface area is 75.6 Å². The summed E-state index contributed by atoms with van der Waals surface area (Å²) >= 11 is 0. The summed E-state index contributed by atoms with van der Waals surface area (Å²) in [5, 5.41) is 0. The lowest BCUT2D eigenvalue weighted by Crippen LogP contribution is -2.32. The third-order valence-corrected chi connectivity index (χ3v) is 0.993. The number of carbonyl (C=O) groups is 2. The zero-order valence-electron chi connectivity index (χ0n) is 7.49. The van der Waals surface area contributed by atoms with Crippen LogP contribution < -0.4 is 11.2 Å². The summed E-state index contributed by atoms with van der Waals surface area (Å²) < 4.78 is 4.82. The first-order chi connectivity index (χ1) is 6.07. The van der Waals surface area contributed by atoms with Gasteiger partial charge in [-0.15, -0.1) is 0 Å². The molecule has 0 saturated carbocycles. The van der Waals surface area contributed by atoms with Crippen LogP contribution in [-0.4, -0.2) is 18.6 Å². The van der Waals surface area contributed by atoms with Gasteiger partial charge in [0.25, 0.3) is 0 Å². The van der Waals surface area contributed by atoms with Crippen molar-refractivity contribution in [1.82, 2.24) is 5.48 Å². The number of nitrogens with one attached hydrogen (secondary N) is 1. The van der Waals surface area contributed by atoms with Gasteiger partial charge < -0.3 is 15.3 Å². The number of hydrogen-bond donors (Lipinski definition) is 2. The van der Waals surface area contributed by atoms with Crippen molar-refractivity contribution < 1.29 is 19.2 Å². The van der Waals surface area contributed by atoms with E-state index in [4.69, 9.17) is 4.74 Å². The molecule has 2 amide bonds. The van der Waals surface area contributed by atoms with Crippen LogP contribution in [0.1, 0.15) is 13.8 Å². The van der Waals surface area contributed by atoms with E-state index in [1.165, 1.54) is 13.2 Å². The lowest BCUT2D eigenvalue weighted by atomic mass is 10.3. The minimum Gasteiger partial charge on any atom is -0.501 e. The topological polar surface area (TPSA) is 90.7 Å². The maximum atomic E-state index is 10.9. The van der Waals surface area contributed by atoms with E-state index < -0.39 is 12.0 Å². The highest BCUT2D eigenvalue weighted by Crippen LogP contribution is 1.95. The van der Waals surface area contributed by atoms with Crippen molar-refractivity contribution in [3.05, 3.63) is 11.8 Å². The number of hydroxylamine groups is 1. The van der Waals surface area contributed by atoms with Gasteiger partial charge in [-0.2, -0.15) is 5.48 Å². The molecule has 74 valence electrons. The highest BCUT2D eigenvalue weighted by Gasteiger charge is 2.06. The fourth-order valence-corrected chi connectivity index (χ4v) is 0.434. The predicted molar refractivity (Wildman–Crippen MR) is 44.2 cm³/mol. The zero-order chi connectivity index (χ0) is 10.3. The van der Waals surface area contributed by atoms with Crippen LogP contribution in [0.15, 0.2) is 11.8 Å². The van der Waals surface area contributed by atoms with Crippen LogP contribution >= 0.6 is 0 Å². The molecule has 3 N–H and O–H groups in total. The molecule has 0 aliphatic carbocycles. The fraction of sp³-hybridized carbons (Fsp3) is 0.429. The quantitative estimate of drug-likeness (QED) is 0.372. The molecule has 6 nitrogen and oxygen atoms in total. The van der Waals surface area contributed by atoms with Crippen LogP contribution in [0.25, 0.3) is 0 Å². The van der Waals surface area contributed by atoms with Gasteiger partial charge in [-0.05, 0) is 13.8 Å². The van der Waals surface area contributed by atoms with Crippen LogP contribution in [-0.2, 0) is 14.4 Å². The van der Waals surface area contributed by atoms with Crippen molar-refractivity contribution in [3.8, 4) is 0 Å². The Bertz CT molecular complexity index is 225. The predicted octanol–water partition coefficient (Wildman–Crippen LogP) is 0.0532. The molecule has 0 aromatic heterocycles. The van der Waals surface area contributed by atoms with E-state index in [0.717, 1.165) is 0 Å². The maximum absolute atomic E-state index is 10.9. The highest BCUT2D eigenvalue weighted by molar-refractivity contribution is 5.88. The van der Waals surface area contributed by atoms with Crippen LogP contribution in [0, 0.1) is 0 Å². The van der Waals surface area contributed by atoms with Crippen molar-refractivity contribution in [3.63, 3.8) is 0 Å². The van der Waals surface area contributed by atoms with Crippen molar-refractivity contribution in [1.29, 1.82) is 0 Å². The fourth-order valence-electron chi connectivity index (χ4n) is 0.434. The Hall–Kier alpha value is -1.72. The summed E-state index contributed by atoms with van der Waals surface area (Å²) in [6, 6.07) is -0.933. The molecule has 0 aromatic carbocycles. The van der Waals surface area contributed by atoms with E-state index in [9.17, 15) is 9.59 Å². The molecule has 0 bridgehead atoms. The largest absolute Gasteiger partial charge is 0.501 e. The summed E-state index contributed by atoms with van der Waals surface area (Å²) in [7, 11) is 0. The number of urea groups is 1. The van der Waals surface area contributed by atoms with Crippen LogP contribution in [0.4, 0.5) is 4.79 Å². The number of ether oxygens (including phenoxy) is 1. The monoisotopic (exact) mass is 188 g/mol. The Balaban J connectivity index is 3.89. The molecule has 13 heavy (non-hydrogen) atoms. The Morgan fingerprint density at radius 1 is 1.54 bits per heavy atom. The third-order valence-electron chi connectivity index (χ3n) is 0.993. The molecule has 0 unspecified atom stereocenters. The molecule has 0 spiro atoms. The van der Waals surface area contributed by atoms with Gasteiger partial charge in [0.1, 0.15) is 0 Å². The Kier molecular flexibility index (Phi) is 5.09. The van der Waals surface area contributed by atoms with E-state index in [2.05, 4.69) is 10.6 Å². The second-order valence-electron chi connectivity index (χ2n) is 2.11. The smallest absolute Gasteiger partial charge is 0.361 e. The van der Waals surface area contributed by atoms with Gasteiger partial charge in [-0.3, -0.25) is 0 Å².